The number of rotatable bonds is 2. The van der Waals surface area contributed by atoms with Crippen molar-refractivity contribution in [2.45, 2.75) is 6.92 Å². The molecular weight excluding hydrogens is 234 g/mol. The molecule has 0 saturated heterocycles. The van der Waals surface area contributed by atoms with Crippen molar-refractivity contribution in [3.05, 3.63) is 60.3 Å². The summed E-state index contributed by atoms with van der Waals surface area (Å²) in [4.78, 5) is 4.43. The van der Waals surface area contributed by atoms with Gasteiger partial charge in [0.2, 0.25) is 0 Å². The monoisotopic (exact) mass is 249 g/mol. The minimum atomic E-state index is 0.807. The summed E-state index contributed by atoms with van der Waals surface area (Å²) in [6.07, 6.45) is 1.81. The smallest absolute Gasteiger partial charge is 0.0936 e. The molecule has 0 spiro atoms. The molecule has 0 aliphatic rings. The van der Waals surface area contributed by atoms with Crippen LogP contribution in [0.5, 0.6) is 0 Å². The quantitative estimate of drug-likeness (QED) is 0.678. The SMILES string of the molecule is Cc1cc(Nc2cccc3cccnc23)ccc1N. The number of aryl methyl sites for hydroxylation is 1. The molecule has 3 aromatic rings. The summed E-state index contributed by atoms with van der Waals surface area (Å²) in [5.74, 6) is 0. The van der Waals surface area contributed by atoms with Gasteiger partial charge in [0.25, 0.3) is 0 Å². The largest absolute Gasteiger partial charge is 0.399 e. The number of nitrogens with zero attached hydrogens (tertiary/aromatic N) is 1. The second-order valence-corrected chi connectivity index (χ2v) is 4.58. The number of anilines is 3. The van der Waals surface area contributed by atoms with E-state index in [1.165, 1.54) is 0 Å². The molecule has 19 heavy (non-hydrogen) atoms. The molecule has 0 aliphatic heterocycles. The number of hydrogen-bond donors (Lipinski definition) is 2. The van der Waals surface area contributed by atoms with Crippen LogP contribution in [0.3, 0.4) is 0 Å². The van der Waals surface area contributed by atoms with Gasteiger partial charge in [0.15, 0.2) is 0 Å². The van der Waals surface area contributed by atoms with Crippen molar-refractivity contribution < 1.29 is 0 Å². The van der Waals surface area contributed by atoms with Crippen LogP contribution in [-0.4, -0.2) is 4.98 Å². The molecular formula is C16H15N3. The zero-order valence-electron chi connectivity index (χ0n) is 10.7. The number of pyridine rings is 1. The van der Waals surface area contributed by atoms with Crippen molar-refractivity contribution in [3.63, 3.8) is 0 Å². The fourth-order valence-corrected chi connectivity index (χ4v) is 2.11. The van der Waals surface area contributed by atoms with Crippen molar-refractivity contribution in [3.8, 4) is 0 Å². The maximum absolute atomic E-state index is 5.83. The molecule has 0 amide bonds. The Kier molecular flexibility index (Phi) is 2.80. The number of nitrogen functional groups attached to an aromatic ring is 1. The van der Waals surface area contributed by atoms with E-state index in [0.717, 1.165) is 33.5 Å². The molecule has 0 bridgehead atoms. The Bertz CT molecular complexity index is 730. The minimum Gasteiger partial charge on any atom is -0.399 e. The lowest BCUT2D eigenvalue weighted by Gasteiger charge is -2.10. The van der Waals surface area contributed by atoms with Gasteiger partial charge in [0.05, 0.1) is 11.2 Å². The van der Waals surface area contributed by atoms with E-state index >= 15 is 0 Å². The van der Waals surface area contributed by atoms with Crippen molar-refractivity contribution in [1.29, 1.82) is 0 Å². The average molecular weight is 249 g/mol. The molecule has 0 fully saturated rings. The molecule has 0 aliphatic carbocycles. The maximum atomic E-state index is 5.83. The number of nitrogens with one attached hydrogen (secondary N) is 1. The molecule has 1 aromatic heterocycles. The highest BCUT2D eigenvalue weighted by atomic mass is 14.9. The molecule has 0 atom stereocenters. The highest BCUT2D eigenvalue weighted by molar-refractivity contribution is 5.92. The summed E-state index contributed by atoms with van der Waals surface area (Å²) in [6.45, 7) is 2.00. The molecule has 3 N–H and O–H groups in total. The zero-order valence-corrected chi connectivity index (χ0v) is 10.7. The Balaban J connectivity index is 2.03. The average Bonchev–Trinajstić information content (AvgIpc) is 2.43. The van der Waals surface area contributed by atoms with Crippen molar-refractivity contribution >= 4 is 28.0 Å². The first-order chi connectivity index (χ1) is 9.24. The van der Waals surface area contributed by atoms with Crippen LogP contribution in [0.1, 0.15) is 5.56 Å². The highest BCUT2D eigenvalue weighted by Crippen LogP contribution is 2.26. The van der Waals surface area contributed by atoms with E-state index in [0.29, 0.717) is 0 Å². The Labute approximate surface area is 112 Å². The maximum Gasteiger partial charge on any atom is 0.0936 e. The summed E-state index contributed by atoms with van der Waals surface area (Å²) < 4.78 is 0. The second kappa shape index (κ2) is 4.61. The fraction of sp³-hybridized carbons (Fsp3) is 0.0625. The molecule has 3 nitrogen and oxygen atoms in total. The van der Waals surface area contributed by atoms with E-state index in [9.17, 15) is 0 Å². The Morgan fingerprint density at radius 2 is 1.89 bits per heavy atom. The van der Waals surface area contributed by atoms with Crippen LogP contribution in [0.4, 0.5) is 17.1 Å². The van der Waals surface area contributed by atoms with Crippen molar-refractivity contribution in [2.75, 3.05) is 11.1 Å². The van der Waals surface area contributed by atoms with Crippen LogP contribution >= 0.6 is 0 Å². The number of hydrogen-bond acceptors (Lipinski definition) is 3. The van der Waals surface area contributed by atoms with Crippen LogP contribution in [0.2, 0.25) is 0 Å². The van der Waals surface area contributed by atoms with Crippen LogP contribution in [0.15, 0.2) is 54.7 Å². The van der Waals surface area contributed by atoms with Crippen LogP contribution < -0.4 is 11.1 Å². The van der Waals surface area contributed by atoms with Gasteiger partial charge >= 0.3 is 0 Å². The third-order valence-corrected chi connectivity index (χ3v) is 3.18. The first-order valence-corrected chi connectivity index (χ1v) is 6.21. The molecule has 94 valence electrons. The van der Waals surface area contributed by atoms with Crippen molar-refractivity contribution in [1.82, 2.24) is 4.98 Å². The van der Waals surface area contributed by atoms with Crippen molar-refractivity contribution in [2.24, 2.45) is 0 Å². The molecule has 0 unspecified atom stereocenters. The first-order valence-electron chi connectivity index (χ1n) is 6.21. The van der Waals surface area contributed by atoms with E-state index in [-0.39, 0.29) is 0 Å². The summed E-state index contributed by atoms with van der Waals surface area (Å²) in [7, 11) is 0. The van der Waals surface area contributed by atoms with E-state index in [4.69, 9.17) is 5.73 Å². The number of nitrogens with two attached hydrogens (primary N) is 1. The summed E-state index contributed by atoms with van der Waals surface area (Å²) in [5, 5.41) is 4.52. The topological polar surface area (TPSA) is 50.9 Å². The first kappa shape index (κ1) is 11.5. The normalized spacial score (nSPS) is 10.6. The number of fused-ring (bicyclic) bond motifs is 1. The fourth-order valence-electron chi connectivity index (χ4n) is 2.11. The van der Waals surface area contributed by atoms with Crippen LogP contribution in [-0.2, 0) is 0 Å². The predicted molar refractivity (Wildman–Crippen MR) is 80.6 cm³/mol. The lowest BCUT2D eigenvalue weighted by Crippen LogP contribution is -1.95. The van der Waals surface area contributed by atoms with Gasteiger partial charge in [0.1, 0.15) is 0 Å². The molecule has 3 rings (SSSR count). The van der Waals surface area contributed by atoms with Gasteiger partial charge in [-0.1, -0.05) is 18.2 Å². The molecule has 0 radical (unpaired) electrons. The Morgan fingerprint density at radius 1 is 1.05 bits per heavy atom. The number of aromatic nitrogens is 1. The molecule has 3 heteroatoms. The highest BCUT2D eigenvalue weighted by Gasteiger charge is 2.02. The Morgan fingerprint density at radius 3 is 2.74 bits per heavy atom. The van der Waals surface area contributed by atoms with Gasteiger partial charge in [-0.05, 0) is 42.8 Å². The van der Waals surface area contributed by atoms with Gasteiger partial charge in [0, 0.05) is 23.0 Å². The number of para-hydroxylation sites is 1. The van der Waals surface area contributed by atoms with Gasteiger partial charge < -0.3 is 11.1 Å². The van der Waals surface area contributed by atoms with E-state index < -0.39 is 0 Å². The van der Waals surface area contributed by atoms with Crippen LogP contribution in [0.25, 0.3) is 10.9 Å². The molecule has 2 aromatic carbocycles. The van der Waals surface area contributed by atoms with Gasteiger partial charge in [-0.25, -0.2) is 0 Å². The minimum absolute atomic E-state index is 0.807. The van der Waals surface area contributed by atoms with Gasteiger partial charge in [-0.3, -0.25) is 4.98 Å². The third-order valence-electron chi connectivity index (χ3n) is 3.18. The summed E-state index contributed by atoms with van der Waals surface area (Å²) in [6, 6.07) is 16.0. The lowest BCUT2D eigenvalue weighted by molar-refractivity contribution is 1.40. The van der Waals surface area contributed by atoms with Gasteiger partial charge in [-0.2, -0.15) is 0 Å². The second-order valence-electron chi connectivity index (χ2n) is 4.58. The summed E-state index contributed by atoms with van der Waals surface area (Å²) >= 11 is 0. The number of benzene rings is 2. The third kappa shape index (κ3) is 2.22. The Hall–Kier alpha value is -2.55. The molecule has 0 saturated carbocycles. The summed E-state index contributed by atoms with van der Waals surface area (Å²) in [5.41, 5.74) is 10.7. The molecule has 1 heterocycles. The van der Waals surface area contributed by atoms with Crippen LogP contribution in [0, 0.1) is 6.92 Å². The van der Waals surface area contributed by atoms with E-state index in [1.807, 2.05) is 49.5 Å². The zero-order chi connectivity index (χ0) is 13.2. The standard InChI is InChI=1S/C16H15N3/c1-11-10-13(7-8-14(11)17)19-15-6-2-4-12-5-3-9-18-16(12)15/h2-10,19H,17H2,1H3. The van der Waals surface area contributed by atoms with E-state index in [1.54, 1.807) is 0 Å². The van der Waals surface area contributed by atoms with E-state index in [2.05, 4.69) is 22.4 Å². The lowest BCUT2D eigenvalue weighted by atomic mass is 10.1. The van der Waals surface area contributed by atoms with Gasteiger partial charge in [-0.15, -0.1) is 0 Å². The predicted octanol–water partition coefficient (Wildman–Crippen LogP) is 3.87.